The van der Waals surface area contributed by atoms with Gasteiger partial charge in [-0.2, -0.15) is 0 Å². The second kappa shape index (κ2) is 7.43. The summed E-state index contributed by atoms with van der Waals surface area (Å²) in [7, 11) is 0. The van der Waals surface area contributed by atoms with E-state index < -0.39 is 5.97 Å². The molecule has 1 aromatic rings. The number of nitrogens with one attached hydrogen (secondary N) is 1. The Morgan fingerprint density at radius 1 is 1.24 bits per heavy atom. The molecule has 1 aliphatic heterocycles. The number of anilines is 1. The van der Waals surface area contributed by atoms with Gasteiger partial charge in [-0.1, -0.05) is 11.6 Å². The van der Waals surface area contributed by atoms with Gasteiger partial charge in [0.05, 0.1) is 0 Å². The fourth-order valence-electron chi connectivity index (χ4n) is 2.52. The van der Waals surface area contributed by atoms with Gasteiger partial charge in [0.25, 0.3) is 0 Å². The molecule has 0 spiro atoms. The van der Waals surface area contributed by atoms with Crippen LogP contribution < -0.4 is 10.2 Å². The van der Waals surface area contributed by atoms with Crippen molar-refractivity contribution < 1.29 is 14.7 Å². The van der Waals surface area contributed by atoms with E-state index in [1.165, 1.54) is 4.90 Å². The third kappa shape index (κ3) is 4.72. The summed E-state index contributed by atoms with van der Waals surface area (Å²) in [4.78, 5) is 24.8. The second-order valence-corrected chi connectivity index (χ2v) is 5.68. The van der Waals surface area contributed by atoms with Crippen molar-refractivity contribution in [3.05, 3.63) is 29.3 Å². The molecule has 0 radical (unpaired) electrons. The number of halogens is 1. The van der Waals surface area contributed by atoms with Crippen LogP contribution in [0.15, 0.2) is 24.3 Å². The molecule has 1 aromatic carbocycles. The van der Waals surface area contributed by atoms with Crippen LogP contribution in [0.5, 0.6) is 0 Å². The Balaban J connectivity index is 2.08. The summed E-state index contributed by atoms with van der Waals surface area (Å²) in [6.45, 7) is 1.50. The molecule has 1 aliphatic rings. The molecular formula is C15H19ClN2O3. The first-order valence-corrected chi connectivity index (χ1v) is 7.42. The number of carbonyl (C=O) groups excluding carboxylic acids is 1. The summed E-state index contributed by atoms with van der Waals surface area (Å²) < 4.78 is 0. The van der Waals surface area contributed by atoms with Crippen molar-refractivity contribution in [1.29, 1.82) is 0 Å². The van der Waals surface area contributed by atoms with Crippen molar-refractivity contribution in [3.8, 4) is 0 Å². The minimum absolute atomic E-state index is 0.147. The van der Waals surface area contributed by atoms with Gasteiger partial charge in [0.2, 0.25) is 5.91 Å². The first-order valence-electron chi connectivity index (χ1n) is 7.04. The van der Waals surface area contributed by atoms with Crippen molar-refractivity contribution >= 4 is 29.2 Å². The molecule has 1 saturated heterocycles. The van der Waals surface area contributed by atoms with Crippen LogP contribution in [0.2, 0.25) is 5.02 Å². The summed E-state index contributed by atoms with van der Waals surface area (Å²) in [6, 6.07) is 6.66. The minimum atomic E-state index is -1.02. The Morgan fingerprint density at radius 3 is 2.43 bits per heavy atom. The Morgan fingerprint density at radius 2 is 1.86 bits per heavy atom. The van der Waals surface area contributed by atoms with Crippen LogP contribution >= 0.6 is 11.6 Å². The fraction of sp³-hybridized carbons (Fsp3) is 0.467. The first-order chi connectivity index (χ1) is 10.1. The van der Waals surface area contributed by atoms with Gasteiger partial charge in [0, 0.05) is 17.1 Å². The molecule has 6 heteroatoms. The Labute approximate surface area is 128 Å². The SMILES string of the molecule is O=C(O)CN(C(=O)CC1CCNCC1)c1ccc(Cl)cc1. The molecule has 0 aliphatic carbocycles. The molecule has 21 heavy (non-hydrogen) atoms. The first kappa shape index (κ1) is 15.8. The predicted octanol–water partition coefficient (Wildman–Crippen LogP) is 2.15. The van der Waals surface area contributed by atoms with Crippen LogP contribution in [-0.4, -0.2) is 36.6 Å². The number of amides is 1. The van der Waals surface area contributed by atoms with Crippen molar-refractivity contribution in [2.24, 2.45) is 5.92 Å². The van der Waals surface area contributed by atoms with Crippen LogP contribution in [0.3, 0.4) is 0 Å². The van der Waals surface area contributed by atoms with E-state index in [0.29, 0.717) is 23.0 Å². The molecule has 1 heterocycles. The third-order valence-electron chi connectivity index (χ3n) is 3.65. The number of nitrogens with zero attached hydrogens (tertiary/aromatic N) is 1. The number of piperidine rings is 1. The maximum absolute atomic E-state index is 12.4. The average molecular weight is 311 g/mol. The van der Waals surface area contributed by atoms with Gasteiger partial charge >= 0.3 is 5.97 Å². The number of carboxylic acids is 1. The van der Waals surface area contributed by atoms with Gasteiger partial charge in [-0.05, 0) is 56.1 Å². The van der Waals surface area contributed by atoms with Crippen LogP contribution in [0.4, 0.5) is 5.69 Å². The number of benzene rings is 1. The number of aliphatic carboxylic acids is 1. The van der Waals surface area contributed by atoms with Gasteiger partial charge < -0.3 is 15.3 Å². The van der Waals surface area contributed by atoms with E-state index in [9.17, 15) is 9.59 Å². The molecule has 0 unspecified atom stereocenters. The molecule has 2 N–H and O–H groups in total. The zero-order valence-corrected chi connectivity index (χ0v) is 12.5. The third-order valence-corrected chi connectivity index (χ3v) is 3.91. The molecule has 2 rings (SSSR count). The molecule has 0 atom stereocenters. The van der Waals surface area contributed by atoms with E-state index in [1.807, 2.05) is 0 Å². The standard InChI is InChI=1S/C15H19ClN2O3/c16-12-1-3-13(4-2-12)18(10-15(20)21)14(19)9-11-5-7-17-8-6-11/h1-4,11,17H,5-10H2,(H,20,21). The molecule has 114 valence electrons. The van der Waals surface area contributed by atoms with Crippen molar-refractivity contribution in [1.82, 2.24) is 5.32 Å². The van der Waals surface area contributed by atoms with Crippen LogP contribution in [0.25, 0.3) is 0 Å². The van der Waals surface area contributed by atoms with E-state index in [-0.39, 0.29) is 12.5 Å². The minimum Gasteiger partial charge on any atom is -0.480 e. The summed E-state index contributed by atoms with van der Waals surface area (Å²) in [6.07, 6.45) is 2.29. The van der Waals surface area contributed by atoms with Crippen molar-refractivity contribution in [3.63, 3.8) is 0 Å². The van der Waals surface area contributed by atoms with Gasteiger partial charge in [-0.3, -0.25) is 9.59 Å². The lowest BCUT2D eigenvalue weighted by Crippen LogP contribution is -2.38. The maximum atomic E-state index is 12.4. The normalized spacial score (nSPS) is 15.7. The Hall–Kier alpha value is -1.59. The van der Waals surface area contributed by atoms with Crippen LogP contribution in [0.1, 0.15) is 19.3 Å². The number of hydrogen-bond donors (Lipinski definition) is 2. The predicted molar refractivity (Wildman–Crippen MR) is 81.7 cm³/mol. The molecule has 5 nitrogen and oxygen atoms in total. The number of rotatable bonds is 5. The maximum Gasteiger partial charge on any atom is 0.323 e. The lowest BCUT2D eigenvalue weighted by molar-refractivity contribution is -0.136. The van der Waals surface area contributed by atoms with Gasteiger partial charge in [0.1, 0.15) is 6.54 Å². The summed E-state index contributed by atoms with van der Waals surface area (Å²) in [5.41, 5.74) is 0.570. The zero-order valence-electron chi connectivity index (χ0n) is 11.7. The largest absolute Gasteiger partial charge is 0.480 e. The molecule has 0 aromatic heterocycles. The van der Waals surface area contributed by atoms with E-state index in [1.54, 1.807) is 24.3 Å². The number of hydrogen-bond acceptors (Lipinski definition) is 3. The highest BCUT2D eigenvalue weighted by Gasteiger charge is 2.23. The van der Waals surface area contributed by atoms with Gasteiger partial charge in [0.15, 0.2) is 0 Å². The zero-order chi connectivity index (χ0) is 15.2. The highest BCUT2D eigenvalue weighted by atomic mass is 35.5. The van der Waals surface area contributed by atoms with Gasteiger partial charge in [-0.25, -0.2) is 0 Å². The van der Waals surface area contributed by atoms with E-state index in [2.05, 4.69) is 5.32 Å². The summed E-state index contributed by atoms with van der Waals surface area (Å²) >= 11 is 5.83. The van der Waals surface area contributed by atoms with Gasteiger partial charge in [-0.15, -0.1) is 0 Å². The van der Waals surface area contributed by atoms with Crippen molar-refractivity contribution in [2.45, 2.75) is 19.3 Å². The summed E-state index contributed by atoms with van der Waals surface area (Å²) in [5, 5.41) is 12.8. The smallest absolute Gasteiger partial charge is 0.323 e. The highest BCUT2D eigenvalue weighted by Crippen LogP contribution is 2.22. The molecule has 0 bridgehead atoms. The lowest BCUT2D eigenvalue weighted by atomic mass is 9.94. The Kier molecular flexibility index (Phi) is 5.59. The fourth-order valence-corrected chi connectivity index (χ4v) is 2.65. The van der Waals surface area contributed by atoms with E-state index in [4.69, 9.17) is 16.7 Å². The van der Waals surface area contributed by atoms with Crippen LogP contribution in [0, 0.1) is 5.92 Å². The van der Waals surface area contributed by atoms with E-state index >= 15 is 0 Å². The molecule has 1 amide bonds. The average Bonchev–Trinajstić information content (AvgIpc) is 2.46. The summed E-state index contributed by atoms with van der Waals surface area (Å²) in [5.74, 6) is -0.849. The molecular weight excluding hydrogens is 292 g/mol. The topological polar surface area (TPSA) is 69.6 Å². The number of carbonyl (C=O) groups is 2. The Bertz CT molecular complexity index is 498. The van der Waals surface area contributed by atoms with Crippen molar-refractivity contribution in [2.75, 3.05) is 24.5 Å². The highest BCUT2D eigenvalue weighted by molar-refractivity contribution is 6.30. The number of carboxylic acid groups (broad SMARTS) is 1. The molecule has 0 saturated carbocycles. The van der Waals surface area contributed by atoms with E-state index in [0.717, 1.165) is 25.9 Å². The second-order valence-electron chi connectivity index (χ2n) is 5.25. The molecule has 1 fully saturated rings. The monoisotopic (exact) mass is 310 g/mol. The van der Waals surface area contributed by atoms with Crippen LogP contribution in [-0.2, 0) is 9.59 Å². The lowest BCUT2D eigenvalue weighted by Gasteiger charge is -2.26. The quantitative estimate of drug-likeness (QED) is 0.874.